The molecule has 0 aliphatic heterocycles. The summed E-state index contributed by atoms with van der Waals surface area (Å²) in [6.45, 7) is 0.287. The molecule has 4 heteroatoms. The van der Waals surface area contributed by atoms with Gasteiger partial charge in [0.05, 0.1) is 13.3 Å². The van der Waals surface area contributed by atoms with Crippen molar-refractivity contribution >= 4 is 16.8 Å². The third kappa shape index (κ3) is 2.74. The van der Waals surface area contributed by atoms with Crippen LogP contribution in [-0.4, -0.2) is 17.9 Å². The van der Waals surface area contributed by atoms with E-state index in [0.717, 1.165) is 16.8 Å². The van der Waals surface area contributed by atoms with E-state index in [4.69, 9.17) is 4.74 Å². The molecule has 104 valence electrons. The summed E-state index contributed by atoms with van der Waals surface area (Å²) in [7, 11) is 1.61. The lowest BCUT2D eigenvalue weighted by atomic mass is 10.1. The van der Waals surface area contributed by atoms with Crippen molar-refractivity contribution in [2.75, 3.05) is 7.11 Å². The van der Waals surface area contributed by atoms with Gasteiger partial charge < -0.3 is 4.74 Å². The minimum absolute atomic E-state index is 0.0546. The topological polar surface area (TPSA) is 43.1 Å². The maximum absolute atomic E-state index is 12.4. The van der Waals surface area contributed by atoms with Crippen molar-refractivity contribution in [2.45, 2.75) is 6.54 Å². The summed E-state index contributed by atoms with van der Waals surface area (Å²) < 4.78 is 7.01. The summed E-state index contributed by atoms with van der Waals surface area (Å²) in [5.74, 6) is 0.799. The van der Waals surface area contributed by atoms with Gasteiger partial charge in [-0.15, -0.1) is 0 Å². The molecular formula is C17H15N2O2+. The zero-order chi connectivity index (χ0) is 14.7. The molecular weight excluding hydrogens is 264 g/mol. The van der Waals surface area contributed by atoms with Crippen molar-refractivity contribution in [3.8, 4) is 5.75 Å². The third-order valence-corrected chi connectivity index (χ3v) is 3.38. The quantitative estimate of drug-likeness (QED) is 0.544. The largest absolute Gasteiger partial charge is 0.497 e. The SMILES string of the molecule is COc1ccc(C(=O)C[n+]2ccnc3ccccc32)cc1. The highest BCUT2D eigenvalue weighted by Gasteiger charge is 2.15. The standard InChI is InChI=1S/C17H15N2O2/c1-21-14-8-6-13(7-9-14)17(20)12-19-11-10-18-15-4-2-3-5-16(15)19/h2-11H,12H2,1H3/q+1. The molecule has 0 bridgehead atoms. The van der Waals surface area contributed by atoms with E-state index in [-0.39, 0.29) is 12.3 Å². The van der Waals surface area contributed by atoms with E-state index in [2.05, 4.69) is 4.98 Å². The van der Waals surface area contributed by atoms with E-state index in [1.54, 1.807) is 37.6 Å². The lowest BCUT2D eigenvalue weighted by Crippen LogP contribution is -2.38. The Bertz CT molecular complexity index is 777. The fourth-order valence-corrected chi connectivity index (χ4v) is 2.25. The van der Waals surface area contributed by atoms with Crippen molar-refractivity contribution in [1.29, 1.82) is 0 Å². The van der Waals surface area contributed by atoms with Crippen LogP contribution in [0.2, 0.25) is 0 Å². The fraction of sp³-hybridized carbons (Fsp3) is 0.118. The normalized spacial score (nSPS) is 10.5. The number of para-hydroxylation sites is 2. The van der Waals surface area contributed by atoms with Gasteiger partial charge in [0.1, 0.15) is 11.3 Å². The Kier molecular flexibility index (Phi) is 3.60. The maximum atomic E-state index is 12.4. The van der Waals surface area contributed by atoms with Gasteiger partial charge in [-0.05, 0) is 30.3 Å². The van der Waals surface area contributed by atoms with E-state index in [0.29, 0.717) is 5.56 Å². The molecule has 0 spiro atoms. The number of carbonyl (C=O) groups is 1. The summed E-state index contributed by atoms with van der Waals surface area (Å²) in [5, 5.41) is 0. The summed E-state index contributed by atoms with van der Waals surface area (Å²) in [6.07, 6.45) is 3.54. The van der Waals surface area contributed by atoms with Crippen molar-refractivity contribution in [3.05, 3.63) is 66.5 Å². The lowest BCUT2D eigenvalue weighted by Gasteiger charge is -2.02. The molecule has 0 fully saturated rings. The summed E-state index contributed by atoms with van der Waals surface area (Å²) in [4.78, 5) is 16.7. The molecule has 0 radical (unpaired) electrons. The first kappa shape index (κ1) is 13.2. The minimum atomic E-state index is 0.0546. The number of rotatable bonds is 4. The monoisotopic (exact) mass is 279 g/mol. The third-order valence-electron chi connectivity index (χ3n) is 3.38. The average molecular weight is 279 g/mol. The molecule has 0 saturated heterocycles. The van der Waals surface area contributed by atoms with Crippen LogP contribution in [0, 0.1) is 0 Å². The Morgan fingerprint density at radius 1 is 1.14 bits per heavy atom. The molecule has 1 aromatic heterocycles. The molecule has 2 aromatic carbocycles. The first-order chi connectivity index (χ1) is 10.3. The summed E-state index contributed by atoms with van der Waals surface area (Å²) >= 11 is 0. The zero-order valence-corrected chi connectivity index (χ0v) is 11.7. The van der Waals surface area contributed by atoms with E-state index in [1.165, 1.54) is 0 Å². The molecule has 0 aliphatic rings. The number of nitrogens with zero attached hydrogens (tertiary/aromatic N) is 2. The van der Waals surface area contributed by atoms with E-state index in [1.807, 2.05) is 35.0 Å². The molecule has 21 heavy (non-hydrogen) atoms. The summed E-state index contributed by atoms with van der Waals surface area (Å²) in [5.41, 5.74) is 2.49. The maximum Gasteiger partial charge on any atom is 0.231 e. The molecule has 0 aliphatic carbocycles. The second-order valence-electron chi connectivity index (χ2n) is 4.70. The molecule has 3 aromatic rings. The highest BCUT2D eigenvalue weighted by Crippen LogP contribution is 2.12. The number of hydrogen-bond donors (Lipinski definition) is 0. The highest BCUT2D eigenvalue weighted by molar-refractivity contribution is 5.95. The number of carbonyl (C=O) groups excluding carboxylic acids is 1. The molecule has 0 atom stereocenters. The first-order valence-electron chi connectivity index (χ1n) is 6.68. The number of fused-ring (bicyclic) bond motifs is 1. The van der Waals surface area contributed by atoms with Gasteiger partial charge in [0.15, 0.2) is 6.20 Å². The zero-order valence-electron chi connectivity index (χ0n) is 11.7. The van der Waals surface area contributed by atoms with Crippen LogP contribution < -0.4 is 9.30 Å². The Hall–Kier alpha value is -2.75. The van der Waals surface area contributed by atoms with Gasteiger partial charge in [0.25, 0.3) is 0 Å². The van der Waals surface area contributed by atoms with E-state index >= 15 is 0 Å². The van der Waals surface area contributed by atoms with Crippen LogP contribution in [0.4, 0.5) is 0 Å². The van der Waals surface area contributed by atoms with Crippen molar-refractivity contribution < 1.29 is 14.1 Å². The van der Waals surface area contributed by atoms with Crippen LogP contribution in [0.15, 0.2) is 60.9 Å². The van der Waals surface area contributed by atoms with Gasteiger partial charge in [-0.3, -0.25) is 4.79 Å². The predicted molar refractivity (Wildman–Crippen MR) is 79.3 cm³/mol. The second kappa shape index (κ2) is 5.71. The fourth-order valence-electron chi connectivity index (χ4n) is 2.25. The van der Waals surface area contributed by atoms with Gasteiger partial charge in [0, 0.05) is 11.6 Å². The first-order valence-corrected chi connectivity index (χ1v) is 6.68. The summed E-state index contributed by atoms with van der Waals surface area (Å²) in [6, 6.07) is 14.9. The number of benzene rings is 2. The van der Waals surface area contributed by atoms with E-state index < -0.39 is 0 Å². The molecule has 3 rings (SSSR count). The molecule has 4 nitrogen and oxygen atoms in total. The number of ketones is 1. The number of Topliss-reactive ketones (excluding diaryl/α,β-unsaturated/α-hetero) is 1. The van der Waals surface area contributed by atoms with Gasteiger partial charge >= 0.3 is 0 Å². The van der Waals surface area contributed by atoms with Crippen LogP contribution in [0.25, 0.3) is 11.0 Å². The Balaban J connectivity index is 1.89. The number of ether oxygens (including phenoxy) is 1. The van der Waals surface area contributed by atoms with Crippen LogP contribution in [0.3, 0.4) is 0 Å². The van der Waals surface area contributed by atoms with Crippen molar-refractivity contribution in [1.82, 2.24) is 4.98 Å². The highest BCUT2D eigenvalue weighted by atomic mass is 16.5. The van der Waals surface area contributed by atoms with Crippen LogP contribution >= 0.6 is 0 Å². The molecule has 1 heterocycles. The van der Waals surface area contributed by atoms with Gasteiger partial charge in [0.2, 0.25) is 17.8 Å². The Morgan fingerprint density at radius 2 is 1.90 bits per heavy atom. The molecule has 0 N–H and O–H groups in total. The molecule has 0 unspecified atom stereocenters. The number of aromatic nitrogens is 2. The average Bonchev–Trinajstić information content (AvgIpc) is 2.55. The van der Waals surface area contributed by atoms with Crippen molar-refractivity contribution in [2.24, 2.45) is 0 Å². The number of methoxy groups -OCH3 is 1. The predicted octanol–water partition coefficient (Wildman–Crippen LogP) is 2.41. The van der Waals surface area contributed by atoms with Crippen LogP contribution in [0.1, 0.15) is 10.4 Å². The van der Waals surface area contributed by atoms with Crippen LogP contribution in [0.5, 0.6) is 5.75 Å². The smallest absolute Gasteiger partial charge is 0.231 e. The Morgan fingerprint density at radius 3 is 2.67 bits per heavy atom. The van der Waals surface area contributed by atoms with E-state index in [9.17, 15) is 4.79 Å². The minimum Gasteiger partial charge on any atom is -0.497 e. The Labute approximate surface area is 122 Å². The lowest BCUT2D eigenvalue weighted by molar-refractivity contribution is -0.657. The van der Waals surface area contributed by atoms with Gasteiger partial charge in [-0.2, -0.15) is 4.57 Å². The number of hydrogen-bond acceptors (Lipinski definition) is 3. The van der Waals surface area contributed by atoms with Gasteiger partial charge in [-0.25, -0.2) is 4.98 Å². The van der Waals surface area contributed by atoms with Gasteiger partial charge in [-0.1, -0.05) is 12.1 Å². The molecule has 0 amide bonds. The van der Waals surface area contributed by atoms with Crippen molar-refractivity contribution in [3.63, 3.8) is 0 Å². The van der Waals surface area contributed by atoms with Crippen LogP contribution in [-0.2, 0) is 6.54 Å². The molecule has 0 saturated carbocycles. The second-order valence-corrected chi connectivity index (χ2v) is 4.70.